The van der Waals surface area contributed by atoms with Crippen molar-refractivity contribution in [2.24, 2.45) is 0 Å². The van der Waals surface area contributed by atoms with Crippen LogP contribution < -0.4 is 15.0 Å². The SMILES string of the molecule is CCCOc1cc(N2CCCC2CNC(C)(C)C)ncn1. The Bertz CT molecular complexity index is 444. The van der Waals surface area contributed by atoms with E-state index in [9.17, 15) is 0 Å². The number of nitrogens with one attached hydrogen (secondary N) is 1. The topological polar surface area (TPSA) is 50.3 Å². The summed E-state index contributed by atoms with van der Waals surface area (Å²) in [6, 6.07) is 2.46. The van der Waals surface area contributed by atoms with Crippen molar-refractivity contribution in [3.63, 3.8) is 0 Å². The van der Waals surface area contributed by atoms with Crippen molar-refractivity contribution in [2.45, 2.75) is 58.5 Å². The van der Waals surface area contributed by atoms with Gasteiger partial charge in [-0.1, -0.05) is 6.92 Å². The predicted molar refractivity (Wildman–Crippen MR) is 85.9 cm³/mol. The maximum Gasteiger partial charge on any atom is 0.218 e. The lowest BCUT2D eigenvalue weighted by Crippen LogP contribution is -2.45. The first-order chi connectivity index (χ1) is 9.99. The molecule has 0 saturated carbocycles. The van der Waals surface area contributed by atoms with E-state index in [0.29, 0.717) is 18.5 Å². The van der Waals surface area contributed by atoms with Crippen LogP contribution in [0.15, 0.2) is 12.4 Å². The number of anilines is 1. The Morgan fingerprint density at radius 3 is 2.90 bits per heavy atom. The second kappa shape index (κ2) is 7.07. The molecule has 1 saturated heterocycles. The number of rotatable bonds is 6. The lowest BCUT2D eigenvalue weighted by atomic mass is 10.1. The zero-order valence-electron chi connectivity index (χ0n) is 13.7. The Morgan fingerprint density at radius 1 is 1.38 bits per heavy atom. The van der Waals surface area contributed by atoms with E-state index in [-0.39, 0.29) is 5.54 Å². The van der Waals surface area contributed by atoms with Crippen molar-refractivity contribution in [2.75, 3.05) is 24.6 Å². The average Bonchev–Trinajstić information content (AvgIpc) is 2.91. The molecule has 0 spiro atoms. The summed E-state index contributed by atoms with van der Waals surface area (Å²) in [4.78, 5) is 11.0. The standard InChI is InChI=1S/C16H28N4O/c1-5-9-21-15-10-14(17-12-18-15)20-8-6-7-13(20)11-19-16(2,3)4/h10,12-13,19H,5-9,11H2,1-4H3. The third-order valence-corrected chi connectivity index (χ3v) is 3.62. The molecule has 1 fully saturated rings. The molecule has 1 unspecified atom stereocenters. The Hall–Kier alpha value is -1.36. The molecule has 0 aliphatic carbocycles. The Kier molecular flexibility index (Phi) is 5.39. The Morgan fingerprint density at radius 2 is 2.19 bits per heavy atom. The number of nitrogens with zero attached hydrogens (tertiary/aromatic N) is 3. The van der Waals surface area contributed by atoms with Crippen LogP contribution in [0, 0.1) is 0 Å². The van der Waals surface area contributed by atoms with Crippen LogP contribution in [0.25, 0.3) is 0 Å². The Balaban J connectivity index is 2.02. The summed E-state index contributed by atoms with van der Waals surface area (Å²) in [6.45, 7) is 11.4. The van der Waals surface area contributed by atoms with Gasteiger partial charge in [0, 0.05) is 30.7 Å². The summed E-state index contributed by atoms with van der Waals surface area (Å²) in [5, 5.41) is 3.60. The average molecular weight is 292 g/mol. The molecule has 2 heterocycles. The van der Waals surface area contributed by atoms with Crippen molar-refractivity contribution in [3.8, 4) is 5.88 Å². The molecule has 1 aromatic heterocycles. The number of hydrogen-bond donors (Lipinski definition) is 1. The van der Waals surface area contributed by atoms with Crippen LogP contribution in [0.5, 0.6) is 5.88 Å². The van der Waals surface area contributed by atoms with Crippen molar-refractivity contribution in [1.29, 1.82) is 0 Å². The zero-order valence-corrected chi connectivity index (χ0v) is 13.7. The van der Waals surface area contributed by atoms with Crippen LogP contribution in [0.3, 0.4) is 0 Å². The minimum absolute atomic E-state index is 0.148. The van der Waals surface area contributed by atoms with Gasteiger partial charge in [-0.2, -0.15) is 0 Å². The number of ether oxygens (including phenoxy) is 1. The van der Waals surface area contributed by atoms with Gasteiger partial charge in [0.2, 0.25) is 5.88 Å². The highest BCUT2D eigenvalue weighted by Crippen LogP contribution is 2.25. The van der Waals surface area contributed by atoms with Crippen molar-refractivity contribution < 1.29 is 4.74 Å². The fraction of sp³-hybridized carbons (Fsp3) is 0.750. The van der Waals surface area contributed by atoms with E-state index >= 15 is 0 Å². The summed E-state index contributed by atoms with van der Waals surface area (Å²) >= 11 is 0. The minimum atomic E-state index is 0.148. The van der Waals surface area contributed by atoms with E-state index in [2.05, 4.69) is 47.9 Å². The Labute approximate surface area is 128 Å². The van der Waals surface area contributed by atoms with Gasteiger partial charge >= 0.3 is 0 Å². The van der Waals surface area contributed by atoms with Crippen LogP contribution in [0.4, 0.5) is 5.82 Å². The minimum Gasteiger partial charge on any atom is -0.478 e. The second-order valence-corrected chi connectivity index (χ2v) is 6.68. The molecule has 0 aromatic carbocycles. The van der Waals surface area contributed by atoms with Gasteiger partial charge in [-0.05, 0) is 40.0 Å². The third-order valence-electron chi connectivity index (χ3n) is 3.62. The fourth-order valence-electron chi connectivity index (χ4n) is 2.55. The first kappa shape index (κ1) is 16.0. The van der Waals surface area contributed by atoms with Crippen LogP contribution in [0.1, 0.15) is 47.0 Å². The smallest absolute Gasteiger partial charge is 0.218 e. The highest BCUT2D eigenvalue weighted by molar-refractivity contribution is 5.43. The van der Waals surface area contributed by atoms with Crippen molar-refractivity contribution in [3.05, 3.63) is 12.4 Å². The van der Waals surface area contributed by atoms with Crippen LogP contribution in [0.2, 0.25) is 0 Å². The van der Waals surface area contributed by atoms with Gasteiger partial charge < -0.3 is 15.0 Å². The number of aromatic nitrogens is 2. The summed E-state index contributed by atoms with van der Waals surface area (Å²) in [7, 11) is 0. The van der Waals surface area contributed by atoms with E-state index < -0.39 is 0 Å². The summed E-state index contributed by atoms with van der Waals surface area (Å²) in [6.07, 6.45) is 5.01. The van der Waals surface area contributed by atoms with E-state index in [1.54, 1.807) is 6.33 Å². The summed E-state index contributed by atoms with van der Waals surface area (Å²) in [5.74, 6) is 1.66. The quantitative estimate of drug-likeness (QED) is 0.873. The molecule has 1 aliphatic rings. The first-order valence-corrected chi connectivity index (χ1v) is 7.96. The molecule has 1 aromatic rings. The molecule has 0 amide bonds. The monoisotopic (exact) mass is 292 g/mol. The van der Waals surface area contributed by atoms with Crippen molar-refractivity contribution >= 4 is 5.82 Å². The van der Waals surface area contributed by atoms with Crippen LogP contribution in [-0.4, -0.2) is 41.2 Å². The largest absolute Gasteiger partial charge is 0.478 e. The summed E-state index contributed by atoms with van der Waals surface area (Å²) in [5.41, 5.74) is 0.148. The molecule has 1 atom stereocenters. The van der Waals surface area contributed by atoms with E-state index in [0.717, 1.165) is 25.3 Å². The fourth-order valence-corrected chi connectivity index (χ4v) is 2.55. The third kappa shape index (κ3) is 4.84. The molecular weight excluding hydrogens is 264 g/mol. The van der Waals surface area contributed by atoms with Gasteiger partial charge in [0.25, 0.3) is 0 Å². The molecule has 0 radical (unpaired) electrons. The second-order valence-electron chi connectivity index (χ2n) is 6.68. The lowest BCUT2D eigenvalue weighted by molar-refractivity contribution is 0.304. The molecule has 2 rings (SSSR count). The van der Waals surface area contributed by atoms with Gasteiger partial charge in [-0.15, -0.1) is 0 Å². The van der Waals surface area contributed by atoms with Crippen LogP contribution >= 0.6 is 0 Å². The lowest BCUT2D eigenvalue weighted by Gasteiger charge is -2.29. The molecule has 0 bridgehead atoms. The zero-order chi connectivity index (χ0) is 15.3. The number of hydrogen-bond acceptors (Lipinski definition) is 5. The maximum absolute atomic E-state index is 5.61. The molecular formula is C16H28N4O. The van der Waals surface area contributed by atoms with Gasteiger partial charge in [0.15, 0.2) is 0 Å². The highest BCUT2D eigenvalue weighted by atomic mass is 16.5. The molecule has 5 heteroatoms. The molecule has 5 nitrogen and oxygen atoms in total. The highest BCUT2D eigenvalue weighted by Gasteiger charge is 2.27. The van der Waals surface area contributed by atoms with E-state index in [1.807, 2.05) is 6.07 Å². The summed E-state index contributed by atoms with van der Waals surface area (Å²) < 4.78 is 5.61. The van der Waals surface area contributed by atoms with Gasteiger partial charge in [0.1, 0.15) is 12.1 Å². The normalized spacial score (nSPS) is 19.0. The molecule has 118 valence electrons. The van der Waals surface area contributed by atoms with Crippen LogP contribution in [-0.2, 0) is 0 Å². The van der Waals surface area contributed by atoms with Crippen molar-refractivity contribution in [1.82, 2.24) is 15.3 Å². The predicted octanol–water partition coefficient (Wildman–Crippen LogP) is 2.62. The van der Waals surface area contributed by atoms with E-state index in [4.69, 9.17) is 4.74 Å². The molecule has 1 aliphatic heterocycles. The van der Waals surface area contributed by atoms with Gasteiger partial charge in [-0.25, -0.2) is 9.97 Å². The maximum atomic E-state index is 5.61. The molecule has 21 heavy (non-hydrogen) atoms. The molecule has 1 N–H and O–H groups in total. The van der Waals surface area contributed by atoms with E-state index in [1.165, 1.54) is 12.8 Å². The van der Waals surface area contributed by atoms with Gasteiger partial charge in [-0.3, -0.25) is 0 Å². The van der Waals surface area contributed by atoms with Gasteiger partial charge in [0.05, 0.1) is 6.61 Å². The first-order valence-electron chi connectivity index (χ1n) is 7.96.